The third-order valence-corrected chi connectivity index (χ3v) is 3.10. The summed E-state index contributed by atoms with van der Waals surface area (Å²) in [6.07, 6.45) is 0.566. The Hall–Kier alpha value is -0.470. The highest BCUT2D eigenvalue weighted by Gasteiger charge is 2.04. The molecular weight excluding hydrogens is 192 g/mol. The zero-order chi connectivity index (χ0) is 10.4. The molecule has 0 fully saturated rings. The maximum absolute atomic E-state index is 9.70. The van der Waals surface area contributed by atoms with Crippen molar-refractivity contribution < 1.29 is 5.11 Å². The van der Waals surface area contributed by atoms with E-state index in [1.807, 2.05) is 6.07 Å². The molecule has 1 rings (SSSR count). The summed E-state index contributed by atoms with van der Waals surface area (Å²) >= 11 is 1.79. The lowest BCUT2D eigenvalue weighted by molar-refractivity contribution is 0.200. The molecule has 0 heterocycles. The normalized spacial score (nSPS) is 12.8. The van der Waals surface area contributed by atoms with Crippen molar-refractivity contribution in [2.75, 3.05) is 11.5 Å². The van der Waals surface area contributed by atoms with Crippen molar-refractivity contribution in [3.8, 4) is 0 Å². The van der Waals surface area contributed by atoms with E-state index in [-0.39, 0.29) is 6.10 Å². The average Bonchev–Trinajstić information content (AvgIpc) is 2.15. The fraction of sp³-hybridized carbons (Fsp3) is 0.500. The van der Waals surface area contributed by atoms with E-state index in [0.717, 1.165) is 17.9 Å². The molecule has 0 radical (unpaired) electrons. The van der Waals surface area contributed by atoms with Crippen molar-refractivity contribution in [2.45, 2.75) is 26.4 Å². The molecule has 1 aromatic carbocycles. The van der Waals surface area contributed by atoms with Crippen LogP contribution in [0, 0.1) is 6.92 Å². The zero-order valence-electron chi connectivity index (χ0n) is 8.86. The minimum Gasteiger partial charge on any atom is -0.392 e. The summed E-state index contributed by atoms with van der Waals surface area (Å²) in [7, 11) is 0. The number of aliphatic hydroxyl groups is 1. The summed E-state index contributed by atoms with van der Waals surface area (Å²) in [6.45, 7) is 4.20. The van der Waals surface area contributed by atoms with Crippen LogP contribution in [-0.2, 0) is 6.42 Å². The molecule has 0 aliphatic rings. The second-order valence-electron chi connectivity index (χ2n) is 3.51. The highest BCUT2D eigenvalue weighted by molar-refractivity contribution is 7.99. The van der Waals surface area contributed by atoms with Crippen molar-refractivity contribution in [3.63, 3.8) is 0 Å². The summed E-state index contributed by atoms with van der Waals surface area (Å²) in [4.78, 5) is 0. The monoisotopic (exact) mass is 210 g/mol. The topological polar surface area (TPSA) is 20.2 Å². The lowest BCUT2D eigenvalue weighted by atomic mass is 10.1. The van der Waals surface area contributed by atoms with Gasteiger partial charge in [0.2, 0.25) is 0 Å². The van der Waals surface area contributed by atoms with Gasteiger partial charge in [-0.25, -0.2) is 0 Å². The summed E-state index contributed by atoms with van der Waals surface area (Å²) in [5.41, 5.74) is 2.49. The summed E-state index contributed by atoms with van der Waals surface area (Å²) in [6, 6.07) is 8.34. The van der Waals surface area contributed by atoms with Crippen molar-refractivity contribution >= 4 is 11.8 Å². The van der Waals surface area contributed by atoms with E-state index in [9.17, 15) is 5.11 Å². The summed E-state index contributed by atoms with van der Waals surface area (Å²) in [5.74, 6) is 1.91. The predicted molar refractivity (Wildman–Crippen MR) is 63.9 cm³/mol. The first-order chi connectivity index (χ1) is 6.72. The Bertz CT molecular complexity index is 273. The molecular formula is C12H18OS. The average molecular weight is 210 g/mol. The number of hydrogen-bond donors (Lipinski definition) is 1. The molecule has 0 saturated carbocycles. The maximum Gasteiger partial charge on any atom is 0.0670 e. The Balaban J connectivity index is 2.43. The molecule has 1 atom stereocenters. The van der Waals surface area contributed by atoms with Gasteiger partial charge < -0.3 is 5.11 Å². The lowest BCUT2D eigenvalue weighted by Gasteiger charge is -2.09. The SMILES string of the molecule is CCSCC(O)Cc1cccc(C)c1. The van der Waals surface area contributed by atoms with Crippen molar-refractivity contribution in [2.24, 2.45) is 0 Å². The molecule has 14 heavy (non-hydrogen) atoms. The van der Waals surface area contributed by atoms with Gasteiger partial charge in [-0.3, -0.25) is 0 Å². The van der Waals surface area contributed by atoms with Gasteiger partial charge >= 0.3 is 0 Å². The third kappa shape index (κ3) is 4.16. The Labute approximate surface area is 90.5 Å². The van der Waals surface area contributed by atoms with Gasteiger partial charge in [-0.05, 0) is 24.7 Å². The Morgan fingerprint density at radius 2 is 2.21 bits per heavy atom. The van der Waals surface area contributed by atoms with Crippen LogP contribution in [0.2, 0.25) is 0 Å². The quantitative estimate of drug-likeness (QED) is 0.806. The number of benzene rings is 1. The first kappa shape index (κ1) is 11.6. The zero-order valence-corrected chi connectivity index (χ0v) is 9.68. The van der Waals surface area contributed by atoms with Crippen LogP contribution in [0.4, 0.5) is 0 Å². The van der Waals surface area contributed by atoms with Crippen LogP contribution in [0.5, 0.6) is 0 Å². The van der Waals surface area contributed by atoms with Gasteiger partial charge in [-0.1, -0.05) is 36.8 Å². The van der Waals surface area contributed by atoms with E-state index in [1.165, 1.54) is 11.1 Å². The number of hydrogen-bond acceptors (Lipinski definition) is 2. The number of aliphatic hydroxyl groups excluding tert-OH is 1. The largest absolute Gasteiger partial charge is 0.392 e. The van der Waals surface area contributed by atoms with Gasteiger partial charge in [0.25, 0.3) is 0 Å². The predicted octanol–water partition coefficient (Wildman–Crippen LogP) is 2.65. The van der Waals surface area contributed by atoms with Gasteiger partial charge in [0.1, 0.15) is 0 Å². The van der Waals surface area contributed by atoms with E-state index in [0.29, 0.717) is 0 Å². The molecule has 1 N–H and O–H groups in total. The molecule has 78 valence electrons. The Kier molecular flexibility index (Phi) is 5.05. The maximum atomic E-state index is 9.70. The Morgan fingerprint density at radius 1 is 1.43 bits per heavy atom. The lowest BCUT2D eigenvalue weighted by Crippen LogP contribution is -2.13. The molecule has 1 nitrogen and oxygen atoms in total. The van der Waals surface area contributed by atoms with Gasteiger partial charge in [0, 0.05) is 5.75 Å². The number of thioether (sulfide) groups is 1. The molecule has 1 unspecified atom stereocenters. The van der Waals surface area contributed by atoms with Crippen LogP contribution < -0.4 is 0 Å². The first-order valence-corrected chi connectivity index (χ1v) is 6.19. The molecule has 0 aliphatic carbocycles. The van der Waals surface area contributed by atoms with Gasteiger partial charge in [0.05, 0.1) is 6.10 Å². The van der Waals surface area contributed by atoms with Crippen molar-refractivity contribution in [1.82, 2.24) is 0 Å². The molecule has 0 saturated heterocycles. The molecule has 2 heteroatoms. The molecule has 1 aromatic rings. The van der Waals surface area contributed by atoms with Crippen LogP contribution in [-0.4, -0.2) is 22.7 Å². The fourth-order valence-corrected chi connectivity index (χ4v) is 2.05. The second-order valence-corrected chi connectivity index (χ2v) is 4.83. The minimum atomic E-state index is -0.207. The van der Waals surface area contributed by atoms with Crippen LogP contribution >= 0.6 is 11.8 Å². The minimum absolute atomic E-state index is 0.207. The second kappa shape index (κ2) is 6.10. The summed E-state index contributed by atoms with van der Waals surface area (Å²) < 4.78 is 0. The van der Waals surface area contributed by atoms with Crippen molar-refractivity contribution in [1.29, 1.82) is 0 Å². The molecule has 0 bridgehead atoms. The molecule has 0 aromatic heterocycles. The summed E-state index contributed by atoms with van der Waals surface area (Å²) in [5, 5.41) is 9.70. The number of aryl methyl sites for hydroxylation is 1. The van der Waals surface area contributed by atoms with E-state index < -0.39 is 0 Å². The number of rotatable bonds is 5. The van der Waals surface area contributed by atoms with E-state index in [2.05, 4.69) is 32.0 Å². The highest BCUT2D eigenvalue weighted by Crippen LogP contribution is 2.10. The standard InChI is InChI=1S/C12H18OS/c1-3-14-9-12(13)8-11-6-4-5-10(2)7-11/h4-7,12-13H,3,8-9H2,1-2H3. The van der Waals surface area contributed by atoms with E-state index >= 15 is 0 Å². The van der Waals surface area contributed by atoms with Crippen LogP contribution in [0.15, 0.2) is 24.3 Å². The van der Waals surface area contributed by atoms with E-state index in [4.69, 9.17) is 0 Å². The molecule has 0 amide bonds. The fourth-order valence-electron chi connectivity index (χ4n) is 1.42. The van der Waals surface area contributed by atoms with Gasteiger partial charge in [0.15, 0.2) is 0 Å². The van der Waals surface area contributed by atoms with Crippen molar-refractivity contribution in [3.05, 3.63) is 35.4 Å². The van der Waals surface area contributed by atoms with Crippen LogP contribution in [0.25, 0.3) is 0 Å². The Morgan fingerprint density at radius 3 is 2.86 bits per heavy atom. The molecule has 0 spiro atoms. The van der Waals surface area contributed by atoms with Crippen LogP contribution in [0.3, 0.4) is 0 Å². The van der Waals surface area contributed by atoms with Gasteiger partial charge in [-0.15, -0.1) is 0 Å². The first-order valence-electron chi connectivity index (χ1n) is 5.03. The highest BCUT2D eigenvalue weighted by atomic mass is 32.2. The molecule has 0 aliphatic heterocycles. The third-order valence-electron chi connectivity index (χ3n) is 2.07. The van der Waals surface area contributed by atoms with Crippen LogP contribution in [0.1, 0.15) is 18.1 Å². The van der Waals surface area contributed by atoms with E-state index in [1.54, 1.807) is 11.8 Å². The van der Waals surface area contributed by atoms with Gasteiger partial charge in [-0.2, -0.15) is 11.8 Å². The smallest absolute Gasteiger partial charge is 0.0670 e.